The third kappa shape index (κ3) is 3.49. The van der Waals surface area contributed by atoms with Crippen LogP contribution >= 0.6 is 0 Å². The molecule has 0 aromatic heterocycles. The number of fused-ring (bicyclic) bond motifs is 3. The van der Waals surface area contributed by atoms with Crippen LogP contribution in [0, 0.1) is 0 Å². The smallest absolute Gasteiger partial charge is 0.471 e. The number of aromatic hydroxyl groups is 2. The number of ketones is 2. The fourth-order valence-corrected chi connectivity index (χ4v) is 4.97. The number of carbonyl (C=O) groups is 3. The monoisotopic (exact) mass is 493 g/mol. The summed E-state index contributed by atoms with van der Waals surface area (Å²) >= 11 is 0. The minimum absolute atomic E-state index is 0.0192. The van der Waals surface area contributed by atoms with Gasteiger partial charge in [-0.15, -0.1) is 0 Å². The fourth-order valence-electron chi connectivity index (χ4n) is 4.97. The highest BCUT2D eigenvalue weighted by molar-refractivity contribution is 6.30. The summed E-state index contributed by atoms with van der Waals surface area (Å²) in [7, 11) is 2.37. The standard InChI is InChI=1S/C24H22F3NO7/c1-22(34-2,35-3)23(28-21(33)24(25,26)27)9-8-13-14(10-23)20(32)16-15(19(13)31)17(29)11-6-4-5-7-12(11)18(16)30/h4-7,31-32H,8-10H2,1-3H3,(H,28,33). The Hall–Kier alpha value is -3.44. The van der Waals surface area contributed by atoms with Crippen molar-refractivity contribution in [2.45, 2.75) is 43.7 Å². The van der Waals surface area contributed by atoms with Gasteiger partial charge < -0.3 is 25.0 Å². The van der Waals surface area contributed by atoms with E-state index in [4.69, 9.17) is 9.47 Å². The Labute approximate surface area is 197 Å². The molecule has 1 amide bonds. The Morgan fingerprint density at radius 2 is 1.46 bits per heavy atom. The lowest BCUT2D eigenvalue weighted by atomic mass is 9.70. The van der Waals surface area contributed by atoms with Crippen molar-refractivity contribution in [2.75, 3.05) is 14.2 Å². The molecule has 11 heteroatoms. The van der Waals surface area contributed by atoms with Crippen molar-refractivity contribution in [2.24, 2.45) is 0 Å². The van der Waals surface area contributed by atoms with Crippen molar-refractivity contribution in [3.63, 3.8) is 0 Å². The van der Waals surface area contributed by atoms with Crippen LogP contribution in [0.1, 0.15) is 56.3 Å². The third-order valence-corrected chi connectivity index (χ3v) is 7.07. The van der Waals surface area contributed by atoms with E-state index in [1.165, 1.54) is 39.3 Å². The lowest BCUT2D eigenvalue weighted by molar-refractivity contribution is -0.249. The van der Waals surface area contributed by atoms with E-state index >= 15 is 0 Å². The summed E-state index contributed by atoms with van der Waals surface area (Å²) in [4.78, 5) is 38.3. The van der Waals surface area contributed by atoms with Crippen LogP contribution in [-0.2, 0) is 27.1 Å². The van der Waals surface area contributed by atoms with Gasteiger partial charge in [-0.05, 0) is 19.8 Å². The Morgan fingerprint density at radius 3 is 1.91 bits per heavy atom. The molecule has 4 rings (SSSR count). The maximum atomic E-state index is 13.2. The maximum absolute atomic E-state index is 13.2. The average molecular weight is 493 g/mol. The molecule has 1 atom stereocenters. The van der Waals surface area contributed by atoms with E-state index in [1.807, 2.05) is 5.32 Å². The molecule has 2 aromatic rings. The van der Waals surface area contributed by atoms with E-state index in [2.05, 4.69) is 0 Å². The summed E-state index contributed by atoms with van der Waals surface area (Å²) in [6.07, 6.45) is -6.07. The number of methoxy groups -OCH3 is 2. The molecule has 2 aliphatic carbocycles. The number of phenols is 2. The van der Waals surface area contributed by atoms with Gasteiger partial charge in [-0.1, -0.05) is 24.3 Å². The van der Waals surface area contributed by atoms with Crippen LogP contribution in [0.4, 0.5) is 13.2 Å². The fraction of sp³-hybridized carbons (Fsp3) is 0.375. The third-order valence-electron chi connectivity index (χ3n) is 7.07. The van der Waals surface area contributed by atoms with Crippen molar-refractivity contribution < 1.29 is 47.2 Å². The molecule has 8 nitrogen and oxygen atoms in total. The first-order valence-corrected chi connectivity index (χ1v) is 10.6. The zero-order valence-electron chi connectivity index (χ0n) is 19.0. The molecule has 0 bridgehead atoms. The number of ether oxygens (including phenoxy) is 2. The predicted octanol–water partition coefficient (Wildman–Crippen LogP) is 2.79. The van der Waals surface area contributed by atoms with Crippen LogP contribution in [0.15, 0.2) is 24.3 Å². The van der Waals surface area contributed by atoms with Gasteiger partial charge in [0.05, 0.1) is 16.7 Å². The first kappa shape index (κ1) is 24.7. The average Bonchev–Trinajstić information content (AvgIpc) is 2.83. The molecule has 0 spiro atoms. The van der Waals surface area contributed by atoms with Crippen molar-refractivity contribution in [1.82, 2.24) is 5.32 Å². The normalized spacial score (nSPS) is 19.6. The first-order valence-electron chi connectivity index (χ1n) is 10.6. The predicted molar refractivity (Wildman–Crippen MR) is 114 cm³/mol. The van der Waals surface area contributed by atoms with E-state index in [1.54, 1.807) is 6.07 Å². The second-order valence-corrected chi connectivity index (χ2v) is 8.67. The topological polar surface area (TPSA) is 122 Å². The first-order chi connectivity index (χ1) is 16.3. The summed E-state index contributed by atoms with van der Waals surface area (Å²) in [5.74, 6) is -6.61. The molecule has 0 aliphatic heterocycles. The molecule has 35 heavy (non-hydrogen) atoms. The molecular weight excluding hydrogens is 471 g/mol. The molecule has 3 N–H and O–H groups in total. The molecule has 0 fully saturated rings. The van der Waals surface area contributed by atoms with Gasteiger partial charge in [-0.25, -0.2) is 0 Å². The van der Waals surface area contributed by atoms with E-state index in [-0.39, 0.29) is 40.7 Å². The van der Waals surface area contributed by atoms with Gasteiger partial charge in [0.15, 0.2) is 17.4 Å². The summed E-state index contributed by atoms with van der Waals surface area (Å²) in [5, 5.41) is 24.1. The molecular formula is C24H22F3NO7. The van der Waals surface area contributed by atoms with Gasteiger partial charge in [0.2, 0.25) is 0 Å². The molecule has 2 aliphatic rings. The van der Waals surface area contributed by atoms with Gasteiger partial charge in [0, 0.05) is 42.9 Å². The highest BCUT2D eigenvalue weighted by atomic mass is 19.4. The number of phenolic OH excluding ortho intramolecular Hbond substituents is 2. The van der Waals surface area contributed by atoms with Crippen LogP contribution in [0.25, 0.3) is 0 Å². The summed E-state index contributed by atoms with van der Waals surface area (Å²) < 4.78 is 50.3. The minimum Gasteiger partial charge on any atom is -0.507 e. The Bertz CT molecular complexity index is 1270. The highest BCUT2D eigenvalue weighted by Gasteiger charge is 2.56. The van der Waals surface area contributed by atoms with Gasteiger partial charge in [0.1, 0.15) is 11.5 Å². The van der Waals surface area contributed by atoms with Gasteiger partial charge >= 0.3 is 12.1 Å². The van der Waals surface area contributed by atoms with Crippen molar-refractivity contribution in [3.8, 4) is 11.5 Å². The van der Waals surface area contributed by atoms with E-state index in [9.17, 15) is 37.8 Å². The highest BCUT2D eigenvalue weighted by Crippen LogP contribution is 2.49. The number of alkyl halides is 3. The zero-order valence-corrected chi connectivity index (χ0v) is 19.0. The Morgan fingerprint density at radius 1 is 0.971 bits per heavy atom. The zero-order chi connectivity index (χ0) is 25.9. The maximum Gasteiger partial charge on any atom is 0.471 e. The number of benzene rings is 2. The van der Waals surface area contributed by atoms with E-state index < -0.39 is 58.5 Å². The number of rotatable bonds is 4. The molecule has 1 unspecified atom stereocenters. The Kier molecular flexibility index (Phi) is 5.68. The van der Waals surface area contributed by atoms with Crippen molar-refractivity contribution in [3.05, 3.63) is 57.6 Å². The van der Waals surface area contributed by atoms with E-state index in [0.717, 1.165) is 0 Å². The number of hydrogen-bond acceptors (Lipinski definition) is 7. The lowest BCUT2D eigenvalue weighted by Gasteiger charge is -2.49. The second-order valence-electron chi connectivity index (χ2n) is 8.67. The van der Waals surface area contributed by atoms with Crippen molar-refractivity contribution >= 4 is 17.5 Å². The molecule has 186 valence electrons. The number of amides is 1. The van der Waals surface area contributed by atoms with Crippen LogP contribution in [0.5, 0.6) is 11.5 Å². The van der Waals surface area contributed by atoms with Gasteiger partial charge in [-0.3, -0.25) is 14.4 Å². The number of carbonyl (C=O) groups excluding carboxylic acids is 3. The molecule has 0 heterocycles. The minimum atomic E-state index is -5.22. The van der Waals surface area contributed by atoms with Crippen LogP contribution in [0.3, 0.4) is 0 Å². The SMILES string of the molecule is COC(C)(OC)C1(NC(=O)C(F)(F)F)CCc2c(O)c3c(c(O)c2C1)C(=O)c1ccccc1C3=O. The molecule has 0 saturated heterocycles. The summed E-state index contributed by atoms with van der Waals surface area (Å²) in [5.41, 5.74) is -2.57. The lowest BCUT2D eigenvalue weighted by Crippen LogP contribution is -2.68. The number of nitrogens with one attached hydrogen (secondary N) is 1. The molecule has 2 aromatic carbocycles. The molecule has 0 saturated carbocycles. The number of halogens is 3. The second kappa shape index (κ2) is 8.06. The summed E-state index contributed by atoms with van der Waals surface area (Å²) in [6.45, 7) is 1.33. The number of hydrogen-bond donors (Lipinski definition) is 3. The van der Waals surface area contributed by atoms with Gasteiger partial charge in [-0.2, -0.15) is 13.2 Å². The van der Waals surface area contributed by atoms with Crippen LogP contribution < -0.4 is 5.32 Å². The Balaban J connectivity index is 1.92. The van der Waals surface area contributed by atoms with Gasteiger partial charge in [0.25, 0.3) is 0 Å². The van der Waals surface area contributed by atoms with E-state index in [0.29, 0.717) is 0 Å². The van der Waals surface area contributed by atoms with Crippen LogP contribution in [0.2, 0.25) is 0 Å². The van der Waals surface area contributed by atoms with Crippen molar-refractivity contribution in [1.29, 1.82) is 0 Å². The largest absolute Gasteiger partial charge is 0.507 e. The molecule has 0 radical (unpaired) electrons. The summed E-state index contributed by atoms with van der Waals surface area (Å²) in [6, 6.07) is 5.91. The van der Waals surface area contributed by atoms with Crippen LogP contribution in [-0.4, -0.2) is 59.4 Å². The quantitative estimate of drug-likeness (QED) is 0.377.